The molecule has 7 rings (SSSR count). The Hall–Kier alpha value is -6.12. The molecule has 0 saturated carbocycles. The number of fused-ring (bicyclic) bond motifs is 2. The van der Waals surface area contributed by atoms with Gasteiger partial charge in [-0.05, 0) is 84.9 Å². The number of rotatable bonds is 6. The first-order chi connectivity index (χ1) is 24.2. The number of aliphatic imine (C=N–C) groups is 2. The van der Waals surface area contributed by atoms with Gasteiger partial charge >= 0.3 is 11.3 Å². The van der Waals surface area contributed by atoms with E-state index in [1.54, 1.807) is 62.4 Å². The zero-order valence-electron chi connectivity index (χ0n) is 26.3. The number of para-hydroxylation sites is 2. The van der Waals surface area contributed by atoms with Crippen LogP contribution in [0.2, 0.25) is 0 Å². The summed E-state index contributed by atoms with van der Waals surface area (Å²) < 4.78 is 10.8. The van der Waals surface area contributed by atoms with Crippen LogP contribution in [0.25, 0.3) is 34.1 Å². The van der Waals surface area contributed by atoms with Crippen molar-refractivity contribution < 1.29 is 18.4 Å². The molecule has 2 aromatic heterocycles. The van der Waals surface area contributed by atoms with Gasteiger partial charge in [-0.25, -0.2) is 9.59 Å². The van der Waals surface area contributed by atoms with Crippen molar-refractivity contribution >= 4 is 91.2 Å². The van der Waals surface area contributed by atoms with Crippen LogP contribution in [0.5, 0.6) is 0 Å². The van der Waals surface area contributed by atoms with Crippen molar-refractivity contribution in [2.45, 2.75) is 13.8 Å². The molecule has 0 aliphatic carbocycles. The van der Waals surface area contributed by atoms with Crippen LogP contribution in [-0.4, -0.2) is 33.6 Å². The SMILES string of the molecule is CC(=NNC1=NC(=O)C(=Cc2ccc(C=C3SC(NN=C(C)c4cc5ccccc5oc4=O)=NC3=O)cc2)S1)c1cc2ccccc2oc1=O. The molecule has 0 spiro atoms. The Balaban J connectivity index is 0.966. The Kier molecular flexibility index (Phi) is 8.94. The van der Waals surface area contributed by atoms with Crippen LogP contribution in [0.4, 0.5) is 0 Å². The monoisotopic (exact) mass is 700 g/mol. The summed E-state index contributed by atoms with van der Waals surface area (Å²) in [6.07, 6.45) is 3.40. The second-order valence-electron chi connectivity index (χ2n) is 10.9. The predicted octanol–water partition coefficient (Wildman–Crippen LogP) is 5.87. The lowest BCUT2D eigenvalue weighted by Crippen LogP contribution is -2.18. The maximum atomic E-state index is 12.6. The molecular weight excluding hydrogens is 677 g/mol. The van der Waals surface area contributed by atoms with E-state index in [-0.39, 0.29) is 10.3 Å². The van der Waals surface area contributed by atoms with E-state index in [1.807, 2.05) is 48.5 Å². The van der Waals surface area contributed by atoms with Gasteiger partial charge in [-0.1, -0.05) is 60.7 Å². The van der Waals surface area contributed by atoms with Gasteiger partial charge in [0.25, 0.3) is 11.8 Å². The summed E-state index contributed by atoms with van der Waals surface area (Å²) in [6.45, 7) is 3.32. The maximum absolute atomic E-state index is 12.6. The van der Waals surface area contributed by atoms with Crippen LogP contribution in [0.1, 0.15) is 36.1 Å². The summed E-state index contributed by atoms with van der Waals surface area (Å²) >= 11 is 2.24. The van der Waals surface area contributed by atoms with Gasteiger partial charge in [0.15, 0.2) is 10.3 Å². The number of carbonyl (C=O) groups excluding carboxylic acids is 2. The van der Waals surface area contributed by atoms with E-state index in [1.165, 1.54) is 0 Å². The Bertz CT molecular complexity index is 2370. The fraction of sp³-hybridized carbons (Fsp3) is 0.0556. The van der Waals surface area contributed by atoms with Crippen LogP contribution in [-0.2, 0) is 9.59 Å². The normalized spacial score (nSPS) is 16.8. The molecule has 0 radical (unpaired) electrons. The summed E-state index contributed by atoms with van der Waals surface area (Å²) in [5.41, 5.74) is 8.32. The average molecular weight is 701 g/mol. The number of hydrazone groups is 2. The standard InChI is InChI=1S/C36H24N6O6S2/c1-19(25-17-23-7-3-5-9-27(23)47-33(25)45)39-41-35-37-31(43)29(49-35)15-21-11-13-22(14-12-21)16-30-32(44)38-36(50-30)42-40-20(2)26-18-24-8-4-6-10-28(24)48-34(26)46/h3-18H,1-2H3,(H,37,41,43)(H,38,42,44). The highest BCUT2D eigenvalue weighted by Crippen LogP contribution is 2.30. The number of carbonyl (C=O) groups is 2. The van der Waals surface area contributed by atoms with Crippen LogP contribution in [0.15, 0.2) is 133 Å². The third-order valence-electron chi connectivity index (χ3n) is 7.47. The summed E-state index contributed by atoms with van der Waals surface area (Å²) in [4.78, 5) is 58.9. The van der Waals surface area contributed by atoms with Gasteiger partial charge in [-0.3, -0.25) is 20.4 Å². The minimum atomic E-state index is -0.516. The van der Waals surface area contributed by atoms with Gasteiger partial charge in [-0.2, -0.15) is 20.2 Å². The third-order valence-corrected chi connectivity index (χ3v) is 9.25. The first-order valence-corrected chi connectivity index (χ1v) is 16.7. The van der Waals surface area contributed by atoms with E-state index in [0.29, 0.717) is 43.5 Å². The molecule has 0 unspecified atom stereocenters. The highest BCUT2D eigenvalue weighted by molar-refractivity contribution is 8.18. The summed E-state index contributed by atoms with van der Waals surface area (Å²) in [5.74, 6) is -0.849. The average Bonchev–Trinajstić information content (AvgIpc) is 3.65. The van der Waals surface area contributed by atoms with Gasteiger partial charge in [0, 0.05) is 10.8 Å². The molecule has 50 heavy (non-hydrogen) atoms. The molecule has 2 aliphatic rings. The van der Waals surface area contributed by atoms with Crippen LogP contribution in [0, 0.1) is 0 Å². The minimum absolute atomic E-state index is 0.272. The molecule has 12 nitrogen and oxygen atoms in total. The number of thioether (sulfide) groups is 2. The van der Waals surface area contributed by atoms with E-state index in [2.05, 4.69) is 31.0 Å². The van der Waals surface area contributed by atoms with Gasteiger partial charge in [0.05, 0.1) is 32.4 Å². The van der Waals surface area contributed by atoms with Gasteiger partial charge in [-0.15, -0.1) is 0 Å². The molecule has 2 aliphatic heterocycles. The molecule has 2 amide bonds. The number of amides is 2. The predicted molar refractivity (Wildman–Crippen MR) is 198 cm³/mol. The minimum Gasteiger partial charge on any atom is -0.422 e. The fourth-order valence-corrected chi connectivity index (χ4v) is 6.43. The molecule has 0 fully saturated rings. The van der Waals surface area contributed by atoms with E-state index in [0.717, 1.165) is 45.4 Å². The van der Waals surface area contributed by atoms with Crippen molar-refractivity contribution in [1.82, 2.24) is 10.9 Å². The molecule has 0 bridgehead atoms. The zero-order chi connectivity index (χ0) is 34.8. The van der Waals surface area contributed by atoms with E-state index in [9.17, 15) is 19.2 Å². The molecule has 3 aromatic carbocycles. The van der Waals surface area contributed by atoms with Gasteiger partial charge in [0.2, 0.25) is 0 Å². The van der Waals surface area contributed by atoms with E-state index >= 15 is 0 Å². The molecule has 0 saturated heterocycles. The largest absolute Gasteiger partial charge is 0.422 e. The summed E-state index contributed by atoms with van der Waals surface area (Å²) in [5, 5.41) is 10.6. The number of nitrogens with one attached hydrogen (secondary N) is 2. The first kappa shape index (κ1) is 32.4. The third kappa shape index (κ3) is 7.02. The molecule has 246 valence electrons. The van der Waals surface area contributed by atoms with Gasteiger partial charge in [0.1, 0.15) is 11.2 Å². The molecular formula is C36H24N6O6S2. The summed E-state index contributed by atoms with van der Waals surface area (Å²) in [7, 11) is 0. The molecule has 0 atom stereocenters. The maximum Gasteiger partial charge on any atom is 0.345 e. The smallest absolute Gasteiger partial charge is 0.345 e. The van der Waals surface area contributed by atoms with Gasteiger partial charge < -0.3 is 8.83 Å². The molecule has 2 N–H and O–H groups in total. The lowest BCUT2D eigenvalue weighted by molar-refractivity contribution is -0.114. The Labute approximate surface area is 291 Å². The second kappa shape index (κ2) is 13.8. The number of nitrogens with zero attached hydrogens (tertiary/aromatic N) is 4. The lowest BCUT2D eigenvalue weighted by atomic mass is 10.1. The second-order valence-corrected chi connectivity index (χ2v) is 13.0. The fourth-order valence-electron chi connectivity index (χ4n) is 4.92. The Morgan fingerprint density at radius 3 is 1.44 bits per heavy atom. The van der Waals surface area contributed by atoms with Crippen LogP contribution < -0.4 is 22.1 Å². The highest BCUT2D eigenvalue weighted by Gasteiger charge is 2.23. The first-order valence-electron chi connectivity index (χ1n) is 15.0. The lowest BCUT2D eigenvalue weighted by Gasteiger charge is -2.03. The van der Waals surface area contributed by atoms with Crippen molar-refractivity contribution in [3.63, 3.8) is 0 Å². The van der Waals surface area contributed by atoms with Crippen molar-refractivity contribution in [3.8, 4) is 0 Å². The summed E-state index contributed by atoms with van der Waals surface area (Å²) in [6, 6.07) is 25.0. The number of hydrogen-bond donors (Lipinski definition) is 2. The van der Waals surface area contributed by atoms with Crippen LogP contribution in [0.3, 0.4) is 0 Å². The molecule has 14 heteroatoms. The number of benzene rings is 3. The number of amidine groups is 2. The van der Waals surface area contributed by atoms with Crippen molar-refractivity contribution in [2.24, 2.45) is 20.2 Å². The Morgan fingerprint density at radius 1 is 0.620 bits per heavy atom. The van der Waals surface area contributed by atoms with Crippen molar-refractivity contribution in [3.05, 3.63) is 138 Å². The van der Waals surface area contributed by atoms with E-state index < -0.39 is 23.1 Å². The number of hydrogen-bond acceptors (Lipinski definition) is 12. The van der Waals surface area contributed by atoms with Crippen molar-refractivity contribution in [2.75, 3.05) is 0 Å². The molecule has 4 heterocycles. The van der Waals surface area contributed by atoms with Crippen molar-refractivity contribution in [1.29, 1.82) is 0 Å². The quantitative estimate of drug-likeness (QED) is 0.0947. The topological polar surface area (TPSA) is 168 Å². The molecule has 5 aromatic rings. The van der Waals surface area contributed by atoms with Crippen LogP contribution >= 0.6 is 23.5 Å². The Morgan fingerprint density at radius 2 is 1.02 bits per heavy atom. The highest BCUT2D eigenvalue weighted by atomic mass is 32.2. The van der Waals surface area contributed by atoms with E-state index in [4.69, 9.17) is 8.83 Å². The zero-order valence-corrected chi connectivity index (χ0v) is 27.9.